The summed E-state index contributed by atoms with van der Waals surface area (Å²) in [6.45, 7) is 7.72. The van der Waals surface area contributed by atoms with Gasteiger partial charge in [0.2, 0.25) is 0 Å². The van der Waals surface area contributed by atoms with E-state index in [1.807, 2.05) is 11.8 Å². The van der Waals surface area contributed by atoms with E-state index in [1.54, 1.807) is 0 Å². The first-order chi connectivity index (χ1) is 9.63. The van der Waals surface area contributed by atoms with E-state index in [1.165, 1.54) is 18.4 Å². The van der Waals surface area contributed by atoms with Gasteiger partial charge in [-0.1, -0.05) is 66.5 Å². The molecule has 2 atom stereocenters. The van der Waals surface area contributed by atoms with E-state index in [0.29, 0.717) is 11.3 Å². The molecule has 1 aliphatic rings. The van der Waals surface area contributed by atoms with Gasteiger partial charge in [0.1, 0.15) is 0 Å². The van der Waals surface area contributed by atoms with Crippen LogP contribution in [-0.2, 0) is 0 Å². The maximum absolute atomic E-state index is 4.68. The largest absolute Gasteiger partial charge is 0.358 e. The first-order valence-electron chi connectivity index (χ1n) is 7.37. The van der Waals surface area contributed by atoms with Crippen LogP contribution in [-0.4, -0.2) is 17.0 Å². The Morgan fingerprint density at radius 1 is 1.30 bits per heavy atom. The number of amidine groups is 1. The Morgan fingerprint density at radius 2 is 1.95 bits per heavy atom. The molecule has 0 radical (unpaired) electrons. The number of hydrogen-bond acceptors (Lipinski definition) is 3. The minimum atomic E-state index is 0.301. The summed E-state index contributed by atoms with van der Waals surface area (Å²) in [4.78, 5) is 4.68. The normalized spacial score (nSPS) is 20.1. The molecule has 1 aromatic carbocycles. The summed E-state index contributed by atoms with van der Waals surface area (Å²) in [7, 11) is 0. The number of halogens is 1. The lowest BCUT2D eigenvalue weighted by Gasteiger charge is -2.20. The highest BCUT2D eigenvalue weighted by Gasteiger charge is 2.26. The lowest BCUT2D eigenvalue weighted by Crippen LogP contribution is -2.24. The lowest BCUT2D eigenvalue weighted by atomic mass is 9.99. The Balaban J connectivity index is 1.90. The molecule has 0 spiro atoms. The Labute approximate surface area is 135 Å². The predicted octanol–water partition coefficient (Wildman–Crippen LogP) is 5.01. The summed E-state index contributed by atoms with van der Waals surface area (Å²) in [5.74, 6) is 0.783. The molecule has 0 aromatic heterocycles. The van der Waals surface area contributed by atoms with Crippen molar-refractivity contribution in [2.24, 2.45) is 10.9 Å². The standard InChI is InChI=1S/C16H23BrN2S/c1-4-12(5-2)15-10-18-16(20-15)19-11(3)13-6-8-14(17)9-7-13/h6-9,11-12,15H,4-5,10H2,1-3H3,(H,18,19). The van der Waals surface area contributed by atoms with Crippen molar-refractivity contribution in [1.29, 1.82) is 0 Å². The molecule has 4 heteroatoms. The van der Waals surface area contributed by atoms with Crippen molar-refractivity contribution in [3.63, 3.8) is 0 Å². The third kappa shape index (κ3) is 4.01. The summed E-state index contributed by atoms with van der Waals surface area (Å²) in [6, 6.07) is 8.78. The minimum absolute atomic E-state index is 0.301. The second kappa shape index (κ2) is 7.51. The number of thioether (sulfide) groups is 1. The maximum atomic E-state index is 4.68. The van der Waals surface area contributed by atoms with E-state index in [4.69, 9.17) is 0 Å². The molecule has 1 aliphatic heterocycles. The third-order valence-corrected chi connectivity index (χ3v) is 5.80. The molecule has 0 saturated heterocycles. The van der Waals surface area contributed by atoms with E-state index in [-0.39, 0.29) is 0 Å². The van der Waals surface area contributed by atoms with Crippen molar-refractivity contribution < 1.29 is 0 Å². The topological polar surface area (TPSA) is 24.4 Å². The highest BCUT2D eigenvalue weighted by molar-refractivity contribution is 9.10. The average Bonchev–Trinajstić information content (AvgIpc) is 2.89. The summed E-state index contributed by atoms with van der Waals surface area (Å²) in [6.07, 6.45) is 2.50. The van der Waals surface area contributed by atoms with Crippen LogP contribution in [0.1, 0.15) is 45.2 Å². The molecule has 1 aromatic rings. The Morgan fingerprint density at radius 3 is 2.55 bits per heavy atom. The zero-order chi connectivity index (χ0) is 14.5. The molecule has 0 aliphatic carbocycles. The quantitative estimate of drug-likeness (QED) is 0.803. The smallest absolute Gasteiger partial charge is 0.157 e. The van der Waals surface area contributed by atoms with Crippen molar-refractivity contribution in [3.8, 4) is 0 Å². The van der Waals surface area contributed by atoms with Crippen LogP contribution >= 0.6 is 27.7 Å². The molecule has 2 unspecified atom stereocenters. The molecule has 1 heterocycles. The molecular formula is C16H23BrN2S. The van der Waals surface area contributed by atoms with E-state index in [0.717, 1.165) is 22.1 Å². The van der Waals surface area contributed by atoms with Gasteiger partial charge in [0, 0.05) is 9.72 Å². The summed E-state index contributed by atoms with van der Waals surface area (Å²) < 4.78 is 1.12. The monoisotopic (exact) mass is 354 g/mol. The molecule has 0 amide bonds. The van der Waals surface area contributed by atoms with E-state index in [9.17, 15) is 0 Å². The van der Waals surface area contributed by atoms with Gasteiger partial charge >= 0.3 is 0 Å². The fraction of sp³-hybridized carbons (Fsp3) is 0.562. The highest BCUT2D eigenvalue weighted by Crippen LogP contribution is 2.31. The van der Waals surface area contributed by atoms with Crippen molar-refractivity contribution in [3.05, 3.63) is 34.3 Å². The number of hydrogen-bond donors (Lipinski definition) is 1. The molecule has 110 valence electrons. The van der Waals surface area contributed by atoms with Gasteiger partial charge in [-0.25, -0.2) is 0 Å². The molecule has 1 N–H and O–H groups in total. The SMILES string of the molecule is CCC(CC)C1CN=C(NC(C)c2ccc(Br)cc2)S1. The number of nitrogens with one attached hydrogen (secondary N) is 1. The number of benzene rings is 1. The van der Waals surface area contributed by atoms with E-state index >= 15 is 0 Å². The van der Waals surface area contributed by atoms with E-state index in [2.05, 4.69) is 71.3 Å². The number of aliphatic imine (C=N–C) groups is 1. The van der Waals surface area contributed by atoms with Crippen LogP contribution in [0, 0.1) is 5.92 Å². The third-order valence-electron chi connectivity index (χ3n) is 3.96. The van der Waals surface area contributed by atoms with Crippen molar-refractivity contribution in [2.45, 2.75) is 44.9 Å². The van der Waals surface area contributed by atoms with Gasteiger partial charge in [-0.05, 0) is 30.5 Å². The predicted molar refractivity (Wildman–Crippen MR) is 93.4 cm³/mol. The van der Waals surface area contributed by atoms with Gasteiger partial charge in [0.05, 0.1) is 12.6 Å². The van der Waals surface area contributed by atoms with Gasteiger partial charge in [-0.2, -0.15) is 0 Å². The lowest BCUT2D eigenvalue weighted by molar-refractivity contribution is 0.479. The van der Waals surface area contributed by atoms with Crippen LogP contribution in [0.4, 0.5) is 0 Å². The summed E-state index contributed by atoms with van der Waals surface area (Å²) >= 11 is 5.40. The first-order valence-corrected chi connectivity index (χ1v) is 9.04. The zero-order valence-corrected chi connectivity index (χ0v) is 14.8. The fourth-order valence-electron chi connectivity index (χ4n) is 2.55. The molecular weight excluding hydrogens is 332 g/mol. The van der Waals surface area contributed by atoms with Gasteiger partial charge in [0.25, 0.3) is 0 Å². The zero-order valence-electron chi connectivity index (χ0n) is 12.4. The fourth-order valence-corrected chi connectivity index (χ4v) is 4.22. The Hall–Kier alpha value is -0.480. The van der Waals surface area contributed by atoms with Crippen LogP contribution in [0.25, 0.3) is 0 Å². The van der Waals surface area contributed by atoms with Crippen LogP contribution < -0.4 is 5.32 Å². The molecule has 2 rings (SSSR count). The van der Waals surface area contributed by atoms with Crippen LogP contribution in [0.15, 0.2) is 33.7 Å². The minimum Gasteiger partial charge on any atom is -0.358 e. The average molecular weight is 355 g/mol. The number of nitrogens with zero attached hydrogens (tertiary/aromatic N) is 1. The van der Waals surface area contributed by atoms with E-state index < -0.39 is 0 Å². The molecule has 0 saturated carbocycles. The summed E-state index contributed by atoms with van der Waals surface area (Å²) in [5, 5.41) is 5.31. The highest BCUT2D eigenvalue weighted by atomic mass is 79.9. The first kappa shape index (κ1) is 15.9. The van der Waals surface area contributed by atoms with Gasteiger partial charge in [-0.15, -0.1) is 0 Å². The molecule has 0 bridgehead atoms. The van der Waals surface area contributed by atoms with Crippen molar-refractivity contribution in [1.82, 2.24) is 5.32 Å². The molecule has 0 fully saturated rings. The second-order valence-electron chi connectivity index (χ2n) is 5.30. The van der Waals surface area contributed by atoms with Crippen LogP contribution in [0.5, 0.6) is 0 Å². The second-order valence-corrected chi connectivity index (χ2v) is 7.44. The molecule has 2 nitrogen and oxygen atoms in total. The molecule has 20 heavy (non-hydrogen) atoms. The van der Waals surface area contributed by atoms with Gasteiger partial charge < -0.3 is 5.32 Å². The summed E-state index contributed by atoms with van der Waals surface area (Å²) in [5.41, 5.74) is 1.29. The van der Waals surface area contributed by atoms with Gasteiger partial charge in [0.15, 0.2) is 5.17 Å². The van der Waals surface area contributed by atoms with Gasteiger partial charge in [-0.3, -0.25) is 4.99 Å². The van der Waals surface area contributed by atoms with Crippen LogP contribution in [0.2, 0.25) is 0 Å². The Bertz CT molecular complexity index is 454. The van der Waals surface area contributed by atoms with Crippen molar-refractivity contribution in [2.75, 3.05) is 6.54 Å². The number of rotatable bonds is 5. The maximum Gasteiger partial charge on any atom is 0.157 e. The van der Waals surface area contributed by atoms with Crippen molar-refractivity contribution >= 4 is 32.9 Å². The Kier molecular flexibility index (Phi) is 5.97. The van der Waals surface area contributed by atoms with Crippen LogP contribution in [0.3, 0.4) is 0 Å².